The number of hydrogen-bond donors (Lipinski definition) is 2. The number of halogens is 1. The van der Waals surface area contributed by atoms with Gasteiger partial charge >= 0.3 is 5.97 Å². The maximum absolute atomic E-state index is 10.7. The standard InChI is InChI=1S/C13H23NO2.ClH/c14-12(13(15)16)8-9-5-6-10-3-1-2-4-11(10)7-9;/h9-12H,1-8,14H2,(H,15,16);1H. The van der Waals surface area contributed by atoms with Gasteiger partial charge in [-0.2, -0.15) is 0 Å². The van der Waals surface area contributed by atoms with Crippen molar-refractivity contribution >= 4 is 18.4 Å². The largest absolute Gasteiger partial charge is 0.480 e. The van der Waals surface area contributed by atoms with E-state index >= 15 is 0 Å². The summed E-state index contributed by atoms with van der Waals surface area (Å²) in [5, 5.41) is 8.82. The number of rotatable bonds is 3. The van der Waals surface area contributed by atoms with Gasteiger partial charge in [0.1, 0.15) is 6.04 Å². The summed E-state index contributed by atoms with van der Waals surface area (Å²) in [6.45, 7) is 0. The molecule has 0 aromatic carbocycles. The normalized spacial score (nSPS) is 34.3. The molecule has 3 nitrogen and oxygen atoms in total. The fourth-order valence-corrected chi connectivity index (χ4v) is 3.64. The van der Waals surface area contributed by atoms with Crippen LogP contribution in [0.25, 0.3) is 0 Å². The average molecular weight is 262 g/mol. The third-order valence-electron chi connectivity index (χ3n) is 4.55. The third kappa shape index (κ3) is 3.85. The van der Waals surface area contributed by atoms with E-state index in [9.17, 15) is 4.79 Å². The van der Waals surface area contributed by atoms with Gasteiger partial charge < -0.3 is 10.8 Å². The van der Waals surface area contributed by atoms with E-state index in [1.165, 1.54) is 44.9 Å². The summed E-state index contributed by atoms with van der Waals surface area (Å²) in [6, 6.07) is -0.648. The zero-order valence-electron chi connectivity index (χ0n) is 10.3. The maximum Gasteiger partial charge on any atom is 0.320 e. The fraction of sp³-hybridized carbons (Fsp3) is 0.923. The average Bonchev–Trinajstić information content (AvgIpc) is 2.28. The van der Waals surface area contributed by atoms with Crippen molar-refractivity contribution in [1.82, 2.24) is 0 Å². The molecule has 0 aromatic heterocycles. The Morgan fingerprint density at radius 3 is 2.47 bits per heavy atom. The molecule has 0 amide bonds. The Bertz CT molecular complexity index is 260. The minimum absolute atomic E-state index is 0. The first kappa shape index (κ1) is 14.8. The quantitative estimate of drug-likeness (QED) is 0.821. The maximum atomic E-state index is 10.7. The highest BCUT2D eigenvalue weighted by atomic mass is 35.5. The minimum atomic E-state index is -0.842. The summed E-state index contributed by atoms with van der Waals surface area (Å²) in [5.41, 5.74) is 5.62. The lowest BCUT2D eigenvalue weighted by atomic mass is 9.66. The van der Waals surface area contributed by atoms with Crippen LogP contribution in [0.2, 0.25) is 0 Å². The van der Waals surface area contributed by atoms with Crippen molar-refractivity contribution in [3.05, 3.63) is 0 Å². The summed E-state index contributed by atoms with van der Waals surface area (Å²) in [7, 11) is 0. The van der Waals surface area contributed by atoms with Crippen LogP contribution in [0.5, 0.6) is 0 Å². The van der Waals surface area contributed by atoms with E-state index in [-0.39, 0.29) is 12.4 Å². The summed E-state index contributed by atoms with van der Waals surface area (Å²) in [4.78, 5) is 10.7. The van der Waals surface area contributed by atoms with Crippen LogP contribution >= 0.6 is 12.4 Å². The molecule has 0 radical (unpaired) electrons. The molecule has 0 saturated heterocycles. The number of carbonyl (C=O) groups is 1. The highest BCUT2D eigenvalue weighted by molar-refractivity contribution is 5.85. The van der Waals surface area contributed by atoms with Gasteiger partial charge in [0.15, 0.2) is 0 Å². The van der Waals surface area contributed by atoms with Crippen molar-refractivity contribution in [3.8, 4) is 0 Å². The summed E-state index contributed by atoms with van der Waals surface area (Å²) in [6.07, 6.45) is 9.96. The van der Waals surface area contributed by atoms with Crippen molar-refractivity contribution in [2.45, 2.75) is 57.4 Å². The highest BCUT2D eigenvalue weighted by Gasteiger charge is 2.33. The first-order chi connectivity index (χ1) is 7.66. The molecule has 4 unspecified atom stereocenters. The van der Waals surface area contributed by atoms with E-state index < -0.39 is 12.0 Å². The van der Waals surface area contributed by atoms with Crippen LogP contribution in [-0.2, 0) is 4.79 Å². The molecule has 4 heteroatoms. The molecule has 2 rings (SSSR count). The molecule has 0 spiro atoms. The predicted molar refractivity (Wildman–Crippen MR) is 70.3 cm³/mol. The molecule has 2 saturated carbocycles. The summed E-state index contributed by atoms with van der Waals surface area (Å²) < 4.78 is 0. The number of fused-ring (bicyclic) bond motifs is 1. The topological polar surface area (TPSA) is 63.3 Å². The Morgan fingerprint density at radius 1 is 1.18 bits per heavy atom. The molecule has 0 heterocycles. The molecule has 0 bridgehead atoms. The molecule has 4 atom stereocenters. The molecule has 100 valence electrons. The Balaban J connectivity index is 0.00000144. The zero-order valence-corrected chi connectivity index (χ0v) is 11.1. The summed E-state index contributed by atoms with van der Waals surface area (Å²) >= 11 is 0. The number of nitrogens with two attached hydrogens (primary N) is 1. The molecule has 2 aliphatic rings. The second kappa shape index (κ2) is 6.60. The fourth-order valence-electron chi connectivity index (χ4n) is 3.64. The monoisotopic (exact) mass is 261 g/mol. The van der Waals surface area contributed by atoms with Crippen molar-refractivity contribution in [3.63, 3.8) is 0 Å². The van der Waals surface area contributed by atoms with Gasteiger partial charge in [-0.15, -0.1) is 12.4 Å². The molecule has 2 aliphatic carbocycles. The lowest BCUT2D eigenvalue weighted by Crippen LogP contribution is -2.35. The van der Waals surface area contributed by atoms with E-state index in [4.69, 9.17) is 10.8 Å². The van der Waals surface area contributed by atoms with Crippen LogP contribution in [0.4, 0.5) is 0 Å². The van der Waals surface area contributed by atoms with Gasteiger partial charge in [0.2, 0.25) is 0 Å². The van der Waals surface area contributed by atoms with Gasteiger partial charge in [0.05, 0.1) is 0 Å². The third-order valence-corrected chi connectivity index (χ3v) is 4.55. The highest BCUT2D eigenvalue weighted by Crippen LogP contribution is 2.43. The van der Waals surface area contributed by atoms with Crippen molar-refractivity contribution in [1.29, 1.82) is 0 Å². The van der Waals surface area contributed by atoms with E-state index in [0.29, 0.717) is 12.3 Å². The van der Waals surface area contributed by atoms with Gasteiger partial charge in [-0.3, -0.25) is 4.79 Å². The Hall–Kier alpha value is -0.280. The van der Waals surface area contributed by atoms with Gasteiger partial charge in [-0.25, -0.2) is 0 Å². The van der Waals surface area contributed by atoms with E-state index in [1.54, 1.807) is 0 Å². The Morgan fingerprint density at radius 2 is 1.82 bits per heavy atom. The summed E-state index contributed by atoms with van der Waals surface area (Å²) in [5.74, 6) is 1.52. The van der Waals surface area contributed by atoms with Gasteiger partial charge in [0, 0.05) is 0 Å². The van der Waals surface area contributed by atoms with Crippen LogP contribution in [0.3, 0.4) is 0 Å². The van der Waals surface area contributed by atoms with Gasteiger partial charge in [0.25, 0.3) is 0 Å². The Labute approximate surface area is 110 Å². The predicted octanol–water partition coefficient (Wildman–Crippen LogP) is 2.82. The van der Waals surface area contributed by atoms with Crippen LogP contribution in [0, 0.1) is 17.8 Å². The lowest BCUT2D eigenvalue weighted by Gasteiger charge is -2.39. The Kier molecular flexibility index (Phi) is 5.74. The van der Waals surface area contributed by atoms with Gasteiger partial charge in [-0.05, 0) is 37.0 Å². The number of aliphatic carboxylic acids is 1. The van der Waals surface area contributed by atoms with Gasteiger partial charge in [-0.1, -0.05) is 32.1 Å². The second-order valence-corrected chi connectivity index (χ2v) is 5.66. The smallest absolute Gasteiger partial charge is 0.320 e. The number of hydrogen-bond acceptors (Lipinski definition) is 2. The van der Waals surface area contributed by atoms with Crippen molar-refractivity contribution < 1.29 is 9.90 Å². The first-order valence-corrected chi connectivity index (χ1v) is 6.65. The van der Waals surface area contributed by atoms with Crippen LogP contribution in [-0.4, -0.2) is 17.1 Å². The molecule has 0 aliphatic heterocycles. The second-order valence-electron chi connectivity index (χ2n) is 5.66. The molecule has 0 aromatic rings. The minimum Gasteiger partial charge on any atom is -0.480 e. The van der Waals surface area contributed by atoms with E-state index in [0.717, 1.165) is 11.8 Å². The first-order valence-electron chi connectivity index (χ1n) is 6.65. The number of carboxylic acids is 1. The molecule has 3 N–H and O–H groups in total. The molecular weight excluding hydrogens is 238 g/mol. The van der Waals surface area contributed by atoms with Crippen molar-refractivity contribution in [2.24, 2.45) is 23.5 Å². The van der Waals surface area contributed by atoms with E-state index in [1.807, 2.05) is 0 Å². The molecular formula is C13H24ClNO2. The van der Waals surface area contributed by atoms with Crippen LogP contribution < -0.4 is 5.73 Å². The zero-order chi connectivity index (χ0) is 11.5. The van der Waals surface area contributed by atoms with Crippen LogP contribution in [0.15, 0.2) is 0 Å². The lowest BCUT2D eigenvalue weighted by molar-refractivity contribution is -0.139. The van der Waals surface area contributed by atoms with E-state index in [2.05, 4.69) is 0 Å². The van der Waals surface area contributed by atoms with Crippen molar-refractivity contribution in [2.75, 3.05) is 0 Å². The molecule has 17 heavy (non-hydrogen) atoms. The SMILES string of the molecule is Cl.NC(CC1CCC2CCCCC2C1)C(=O)O. The van der Waals surface area contributed by atoms with Crippen LogP contribution in [0.1, 0.15) is 51.4 Å². The molecule has 2 fully saturated rings. The number of carboxylic acid groups (broad SMARTS) is 1.